The SMILES string of the molecule is CC(C)(C)OC(=O)CNC1N=C(c2ccccc2)c2cc(Cl)ccc2N(CC(=O)O)C1=O. The summed E-state index contributed by atoms with van der Waals surface area (Å²) in [6, 6.07) is 14.0. The van der Waals surface area contributed by atoms with E-state index < -0.39 is 36.2 Å². The first-order valence-corrected chi connectivity index (χ1v) is 10.3. The zero-order valence-corrected chi connectivity index (χ0v) is 18.7. The van der Waals surface area contributed by atoms with Crippen LogP contribution in [0.3, 0.4) is 0 Å². The highest BCUT2D eigenvalue weighted by Crippen LogP contribution is 2.30. The fraction of sp³-hybridized carbons (Fsp3) is 0.304. The minimum Gasteiger partial charge on any atom is -0.480 e. The number of benzodiazepines with no additional fused rings is 1. The van der Waals surface area contributed by atoms with Crippen molar-refractivity contribution >= 4 is 40.8 Å². The molecule has 0 aliphatic carbocycles. The Kier molecular flexibility index (Phi) is 6.96. The Balaban J connectivity index is 2.07. The van der Waals surface area contributed by atoms with Crippen molar-refractivity contribution in [1.29, 1.82) is 0 Å². The van der Waals surface area contributed by atoms with E-state index in [0.29, 0.717) is 27.5 Å². The van der Waals surface area contributed by atoms with Gasteiger partial charge in [-0.25, -0.2) is 0 Å². The highest BCUT2D eigenvalue weighted by atomic mass is 35.5. The highest BCUT2D eigenvalue weighted by molar-refractivity contribution is 6.32. The second-order valence-corrected chi connectivity index (χ2v) is 8.63. The summed E-state index contributed by atoms with van der Waals surface area (Å²) in [5.41, 5.74) is 1.36. The zero-order chi connectivity index (χ0) is 23.5. The van der Waals surface area contributed by atoms with Crippen LogP contribution in [0.15, 0.2) is 53.5 Å². The first-order chi connectivity index (χ1) is 15.0. The van der Waals surface area contributed by atoms with Crippen LogP contribution in [0, 0.1) is 0 Å². The molecule has 32 heavy (non-hydrogen) atoms. The van der Waals surface area contributed by atoms with Gasteiger partial charge in [0.2, 0.25) is 0 Å². The molecule has 1 aliphatic heterocycles. The highest BCUT2D eigenvalue weighted by Gasteiger charge is 2.33. The lowest BCUT2D eigenvalue weighted by Crippen LogP contribution is -2.48. The number of anilines is 1. The number of benzene rings is 2. The number of rotatable bonds is 6. The van der Waals surface area contributed by atoms with Crippen LogP contribution in [-0.2, 0) is 19.1 Å². The second kappa shape index (κ2) is 9.50. The molecule has 1 aliphatic rings. The normalized spacial score (nSPS) is 16.1. The molecular weight excluding hydrogens is 434 g/mol. The maximum absolute atomic E-state index is 13.3. The predicted octanol–water partition coefficient (Wildman–Crippen LogP) is 2.87. The average molecular weight is 458 g/mol. The second-order valence-electron chi connectivity index (χ2n) is 8.19. The fourth-order valence-electron chi connectivity index (χ4n) is 3.27. The summed E-state index contributed by atoms with van der Waals surface area (Å²) in [5.74, 6) is -2.35. The third-order valence-electron chi connectivity index (χ3n) is 4.46. The molecule has 2 aromatic rings. The molecule has 0 bridgehead atoms. The number of fused-ring (bicyclic) bond motifs is 1. The molecule has 3 rings (SSSR count). The van der Waals surface area contributed by atoms with Gasteiger partial charge in [0.1, 0.15) is 12.1 Å². The van der Waals surface area contributed by atoms with Crippen LogP contribution in [0.2, 0.25) is 5.02 Å². The molecule has 0 saturated heterocycles. The summed E-state index contributed by atoms with van der Waals surface area (Å²) in [4.78, 5) is 42.8. The molecule has 1 atom stereocenters. The number of hydrogen-bond acceptors (Lipinski definition) is 6. The van der Waals surface area contributed by atoms with E-state index in [9.17, 15) is 19.5 Å². The molecule has 0 fully saturated rings. The van der Waals surface area contributed by atoms with E-state index in [-0.39, 0.29) is 6.54 Å². The van der Waals surface area contributed by atoms with E-state index in [1.165, 1.54) is 0 Å². The number of halogens is 1. The van der Waals surface area contributed by atoms with Crippen LogP contribution < -0.4 is 10.2 Å². The van der Waals surface area contributed by atoms with Crippen molar-refractivity contribution in [3.63, 3.8) is 0 Å². The summed E-state index contributed by atoms with van der Waals surface area (Å²) in [7, 11) is 0. The summed E-state index contributed by atoms with van der Waals surface area (Å²) >= 11 is 6.22. The molecule has 9 heteroatoms. The molecule has 0 spiro atoms. The standard InChI is InChI=1S/C23H24ClN3O5/c1-23(2,3)32-19(30)12-25-21-22(31)27(13-18(28)29)17-10-9-15(24)11-16(17)20(26-21)14-7-5-4-6-8-14/h4-11,21,25H,12-13H2,1-3H3,(H,28,29). The van der Waals surface area contributed by atoms with Gasteiger partial charge in [0.25, 0.3) is 5.91 Å². The van der Waals surface area contributed by atoms with Crippen molar-refractivity contribution in [3.8, 4) is 0 Å². The van der Waals surface area contributed by atoms with E-state index in [1.807, 2.05) is 30.3 Å². The zero-order valence-electron chi connectivity index (χ0n) is 18.0. The first kappa shape index (κ1) is 23.4. The Morgan fingerprint density at radius 1 is 1.19 bits per heavy atom. The van der Waals surface area contributed by atoms with Crippen LogP contribution in [0.25, 0.3) is 0 Å². The van der Waals surface area contributed by atoms with E-state index in [2.05, 4.69) is 10.3 Å². The Hall–Kier alpha value is -3.23. The van der Waals surface area contributed by atoms with Crippen molar-refractivity contribution in [2.75, 3.05) is 18.0 Å². The number of aliphatic imine (C=N–C) groups is 1. The number of carbonyl (C=O) groups excluding carboxylic acids is 2. The number of carboxylic acids is 1. The van der Waals surface area contributed by atoms with Crippen LogP contribution >= 0.6 is 11.6 Å². The van der Waals surface area contributed by atoms with E-state index in [4.69, 9.17) is 16.3 Å². The van der Waals surface area contributed by atoms with Gasteiger partial charge in [0, 0.05) is 16.1 Å². The molecule has 1 amide bonds. The number of nitrogens with zero attached hydrogens (tertiary/aromatic N) is 2. The van der Waals surface area contributed by atoms with Gasteiger partial charge < -0.3 is 9.84 Å². The summed E-state index contributed by atoms with van der Waals surface area (Å²) in [5, 5.41) is 12.6. The number of amides is 1. The number of esters is 1. The summed E-state index contributed by atoms with van der Waals surface area (Å²) < 4.78 is 5.29. The number of nitrogens with one attached hydrogen (secondary N) is 1. The van der Waals surface area contributed by atoms with Gasteiger partial charge in [-0.2, -0.15) is 0 Å². The molecule has 0 saturated carbocycles. The van der Waals surface area contributed by atoms with Crippen molar-refractivity contribution in [3.05, 3.63) is 64.7 Å². The summed E-state index contributed by atoms with van der Waals surface area (Å²) in [6.07, 6.45) is -1.21. The molecule has 1 heterocycles. The van der Waals surface area contributed by atoms with Gasteiger partial charge in [-0.3, -0.25) is 29.6 Å². The molecular formula is C23H24ClN3O5. The number of ether oxygens (including phenoxy) is 1. The third kappa shape index (κ3) is 5.72. The van der Waals surface area contributed by atoms with Crippen molar-refractivity contribution in [2.45, 2.75) is 32.5 Å². The minimum atomic E-state index is -1.21. The van der Waals surface area contributed by atoms with E-state index in [0.717, 1.165) is 4.90 Å². The van der Waals surface area contributed by atoms with Crippen LogP contribution in [0.1, 0.15) is 31.9 Å². The van der Waals surface area contributed by atoms with Gasteiger partial charge >= 0.3 is 11.9 Å². The van der Waals surface area contributed by atoms with Crippen molar-refractivity contribution < 1.29 is 24.2 Å². The average Bonchev–Trinajstić information content (AvgIpc) is 2.81. The van der Waals surface area contributed by atoms with Crippen LogP contribution in [-0.4, -0.2) is 53.5 Å². The largest absolute Gasteiger partial charge is 0.480 e. The number of carboxylic acid groups (broad SMARTS) is 1. The van der Waals surface area contributed by atoms with Gasteiger partial charge in [0.15, 0.2) is 6.17 Å². The van der Waals surface area contributed by atoms with E-state index in [1.54, 1.807) is 39.0 Å². The Morgan fingerprint density at radius 2 is 1.88 bits per heavy atom. The fourth-order valence-corrected chi connectivity index (χ4v) is 3.44. The monoisotopic (exact) mass is 457 g/mol. The number of hydrogen-bond donors (Lipinski definition) is 2. The van der Waals surface area contributed by atoms with Gasteiger partial charge in [0.05, 0.1) is 17.9 Å². The topological polar surface area (TPSA) is 108 Å². The molecule has 1 unspecified atom stereocenters. The minimum absolute atomic E-state index is 0.280. The molecule has 2 aromatic carbocycles. The lowest BCUT2D eigenvalue weighted by Gasteiger charge is -2.24. The van der Waals surface area contributed by atoms with Crippen molar-refractivity contribution in [1.82, 2.24) is 5.32 Å². The predicted molar refractivity (Wildman–Crippen MR) is 121 cm³/mol. The van der Waals surface area contributed by atoms with E-state index >= 15 is 0 Å². The van der Waals surface area contributed by atoms with Crippen LogP contribution in [0.5, 0.6) is 0 Å². The Labute approximate surface area is 190 Å². The third-order valence-corrected chi connectivity index (χ3v) is 4.70. The Morgan fingerprint density at radius 3 is 2.50 bits per heavy atom. The number of aliphatic carboxylic acids is 1. The maximum Gasteiger partial charge on any atom is 0.323 e. The van der Waals surface area contributed by atoms with Gasteiger partial charge in [-0.1, -0.05) is 41.9 Å². The van der Waals surface area contributed by atoms with Gasteiger partial charge in [-0.05, 0) is 39.0 Å². The summed E-state index contributed by atoms with van der Waals surface area (Å²) in [6.45, 7) is 4.36. The Bertz CT molecular complexity index is 1060. The molecule has 8 nitrogen and oxygen atoms in total. The van der Waals surface area contributed by atoms with Crippen LogP contribution in [0.4, 0.5) is 5.69 Å². The number of carbonyl (C=O) groups is 3. The molecule has 168 valence electrons. The van der Waals surface area contributed by atoms with Crippen molar-refractivity contribution in [2.24, 2.45) is 4.99 Å². The molecule has 0 radical (unpaired) electrons. The lowest BCUT2D eigenvalue weighted by atomic mass is 10.00. The maximum atomic E-state index is 13.3. The quantitative estimate of drug-likeness (QED) is 0.646. The molecule has 2 N–H and O–H groups in total. The lowest BCUT2D eigenvalue weighted by molar-refractivity contribution is -0.153. The van der Waals surface area contributed by atoms with Gasteiger partial charge in [-0.15, -0.1) is 0 Å². The molecule has 0 aromatic heterocycles. The first-order valence-electron chi connectivity index (χ1n) is 9.97. The smallest absolute Gasteiger partial charge is 0.323 e.